The van der Waals surface area contributed by atoms with Gasteiger partial charge in [0.2, 0.25) is 5.91 Å². The van der Waals surface area contributed by atoms with Crippen molar-refractivity contribution in [1.29, 1.82) is 0 Å². The molecule has 0 fully saturated rings. The van der Waals surface area contributed by atoms with Crippen LogP contribution in [0.5, 0.6) is 0 Å². The first-order valence-corrected chi connectivity index (χ1v) is 9.22. The van der Waals surface area contributed by atoms with E-state index in [0.717, 1.165) is 10.4 Å². The lowest BCUT2D eigenvalue weighted by Crippen LogP contribution is -2.16. The maximum atomic E-state index is 12.3. The van der Waals surface area contributed by atoms with Gasteiger partial charge >= 0.3 is 11.9 Å². The average Bonchev–Trinajstić information content (AvgIpc) is 3.24. The Kier molecular flexibility index (Phi) is 5.71. The zero-order valence-electron chi connectivity index (χ0n) is 15.0. The zero-order valence-corrected chi connectivity index (χ0v) is 15.8. The van der Waals surface area contributed by atoms with E-state index >= 15 is 0 Å². The van der Waals surface area contributed by atoms with Crippen molar-refractivity contribution in [2.45, 2.75) is 18.8 Å². The van der Waals surface area contributed by atoms with Gasteiger partial charge in [0.15, 0.2) is 0 Å². The molecule has 3 rings (SSSR count). The largest absolute Gasteiger partial charge is 0.469 e. The van der Waals surface area contributed by atoms with Crippen LogP contribution >= 0.6 is 11.3 Å². The van der Waals surface area contributed by atoms with Gasteiger partial charge < -0.3 is 14.8 Å². The van der Waals surface area contributed by atoms with E-state index in [1.54, 1.807) is 6.08 Å². The number of nitrogens with one attached hydrogen (secondary N) is 1. The molecule has 7 heteroatoms. The van der Waals surface area contributed by atoms with Crippen LogP contribution in [0.15, 0.2) is 36.4 Å². The van der Waals surface area contributed by atoms with Crippen LogP contribution in [0, 0.1) is 0 Å². The molecule has 2 aromatic rings. The average molecular weight is 385 g/mol. The lowest BCUT2D eigenvalue weighted by atomic mass is 9.99. The maximum absolute atomic E-state index is 12.3. The number of esters is 2. The van der Waals surface area contributed by atoms with Crippen LogP contribution in [0.25, 0.3) is 6.08 Å². The molecule has 1 atom stereocenters. The molecular weight excluding hydrogens is 366 g/mol. The summed E-state index contributed by atoms with van der Waals surface area (Å²) in [7, 11) is 2.59. The predicted octanol–water partition coefficient (Wildman–Crippen LogP) is 3.39. The van der Waals surface area contributed by atoms with E-state index in [1.807, 2.05) is 30.3 Å². The zero-order chi connectivity index (χ0) is 19.4. The molecule has 1 aromatic carbocycles. The second-order valence-electron chi connectivity index (χ2n) is 5.98. The Hall–Kier alpha value is -2.93. The van der Waals surface area contributed by atoms with Gasteiger partial charge in [0.05, 0.1) is 25.7 Å². The Morgan fingerprint density at radius 1 is 1.15 bits per heavy atom. The van der Waals surface area contributed by atoms with Crippen molar-refractivity contribution in [2.24, 2.45) is 0 Å². The number of carbonyl (C=O) groups is 3. The van der Waals surface area contributed by atoms with Gasteiger partial charge in [0.25, 0.3) is 0 Å². The van der Waals surface area contributed by atoms with Gasteiger partial charge in [-0.1, -0.05) is 30.3 Å². The molecule has 1 aromatic heterocycles. The molecule has 1 heterocycles. The van der Waals surface area contributed by atoms with Crippen molar-refractivity contribution in [3.63, 3.8) is 0 Å². The Labute approximate surface area is 160 Å². The fourth-order valence-electron chi connectivity index (χ4n) is 3.13. The number of aryl methyl sites for hydroxylation is 1. The van der Waals surface area contributed by atoms with Gasteiger partial charge in [-0.15, -0.1) is 11.3 Å². The maximum Gasteiger partial charge on any atom is 0.341 e. The van der Waals surface area contributed by atoms with Gasteiger partial charge in [0, 0.05) is 11.0 Å². The van der Waals surface area contributed by atoms with Crippen molar-refractivity contribution in [3.8, 4) is 0 Å². The van der Waals surface area contributed by atoms with Crippen LogP contribution < -0.4 is 5.32 Å². The van der Waals surface area contributed by atoms with E-state index < -0.39 is 17.9 Å². The van der Waals surface area contributed by atoms with Gasteiger partial charge in [0.1, 0.15) is 5.00 Å². The van der Waals surface area contributed by atoms with E-state index in [1.165, 1.54) is 31.6 Å². The second kappa shape index (κ2) is 8.18. The van der Waals surface area contributed by atoms with Crippen molar-refractivity contribution in [3.05, 3.63) is 58.0 Å². The summed E-state index contributed by atoms with van der Waals surface area (Å²) in [6.45, 7) is 0. The number of rotatable bonds is 5. The summed E-state index contributed by atoms with van der Waals surface area (Å²) in [5, 5.41) is 3.13. The molecular formula is C20H19NO5S. The van der Waals surface area contributed by atoms with Crippen LogP contribution in [-0.2, 0) is 25.5 Å². The second-order valence-corrected chi connectivity index (χ2v) is 7.09. The number of amides is 1. The number of anilines is 1. The number of hydrogen-bond donors (Lipinski definition) is 1. The van der Waals surface area contributed by atoms with E-state index in [0.29, 0.717) is 23.4 Å². The Morgan fingerprint density at radius 2 is 1.89 bits per heavy atom. The molecule has 1 amide bonds. The smallest absolute Gasteiger partial charge is 0.341 e. The number of ether oxygens (including phenoxy) is 2. The fraction of sp³-hybridized carbons (Fsp3) is 0.250. The minimum absolute atomic E-state index is 0.242. The summed E-state index contributed by atoms with van der Waals surface area (Å²) in [6.07, 6.45) is 4.32. The topological polar surface area (TPSA) is 81.7 Å². The van der Waals surface area contributed by atoms with Crippen LogP contribution in [0.3, 0.4) is 0 Å². The molecule has 0 radical (unpaired) electrons. The van der Waals surface area contributed by atoms with Crippen LogP contribution in [0.2, 0.25) is 0 Å². The number of methoxy groups -OCH3 is 2. The highest BCUT2D eigenvalue weighted by Gasteiger charge is 2.38. The lowest BCUT2D eigenvalue weighted by molar-refractivity contribution is -0.142. The first-order chi connectivity index (χ1) is 13.0. The summed E-state index contributed by atoms with van der Waals surface area (Å²) in [6, 6.07) is 9.41. The quantitative estimate of drug-likeness (QED) is 0.630. The van der Waals surface area contributed by atoms with Crippen LogP contribution in [0.1, 0.15) is 38.7 Å². The molecule has 0 unspecified atom stereocenters. The van der Waals surface area contributed by atoms with E-state index in [2.05, 4.69) is 5.32 Å². The number of carbonyl (C=O) groups excluding carboxylic acids is 3. The molecule has 0 aliphatic heterocycles. The summed E-state index contributed by atoms with van der Waals surface area (Å²) in [5.41, 5.74) is 1.74. The molecule has 0 saturated heterocycles. The molecule has 1 aliphatic carbocycles. The third-order valence-electron chi connectivity index (χ3n) is 4.37. The molecule has 0 saturated carbocycles. The third kappa shape index (κ3) is 3.93. The number of fused-ring (bicyclic) bond motifs is 1. The van der Waals surface area contributed by atoms with Crippen molar-refractivity contribution in [1.82, 2.24) is 0 Å². The summed E-state index contributed by atoms with van der Waals surface area (Å²) >= 11 is 1.30. The Balaban J connectivity index is 1.88. The van der Waals surface area contributed by atoms with Crippen molar-refractivity contribution in [2.75, 3.05) is 19.5 Å². The lowest BCUT2D eigenvalue weighted by Gasteiger charge is -2.11. The fourth-order valence-corrected chi connectivity index (χ4v) is 4.39. The van der Waals surface area contributed by atoms with E-state index in [4.69, 9.17) is 9.47 Å². The molecule has 140 valence electrons. The molecule has 1 N–H and O–H groups in total. The van der Waals surface area contributed by atoms with E-state index in [-0.39, 0.29) is 11.5 Å². The SMILES string of the molecule is COC(=O)c1c(NC(=O)/C=C/c2ccccc2)sc2c1[C@@H](C(=O)OC)CC2. The van der Waals surface area contributed by atoms with Crippen LogP contribution in [-0.4, -0.2) is 32.1 Å². The molecule has 6 nitrogen and oxygen atoms in total. The normalized spacial score (nSPS) is 15.4. The number of thiophene rings is 1. The monoisotopic (exact) mass is 385 g/mol. The Bertz CT molecular complexity index is 901. The van der Waals surface area contributed by atoms with Gasteiger partial charge in [-0.25, -0.2) is 4.79 Å². The van der Waals surface area contributed by atoms with E-state index in [9.17, 15) is 14.4 Å². The standard InChI is InChI=1S/C20H19NO5S/c1-25-19(23)13-9-10-14-16(13)17(20(24)26-2)18(27-14)21-15(22)11-8-12-6-4-3-5-7-12/h3-8,11,13H,9-10H2,1-2H3,(H,21,22)/b11-8+/t13-/m0/s1. The molecule has 0 spiro atoms. The van der Waals surface area contributed by atoms with Crippen molar-refractivity contribution < 1.29 is 23.9 Å². The minimum atomic E-state index is -0.578. The summed E-state index contributed by atoms with van der Waals surface area (Å²) in [5.74, 6) is -1.84. The van der Waals surface area contributed by atoms with Gasteiger partial charge in [-0.05, 0) is 30.0 Å². The highest BCUT2D eigenvalue weighted by molar-refractivity contribution is 7.17. The number of hydrogen-bond acceptors (Lipinski definition) is 6. The Morgan fingerprint density at radius 3 is 2.56 bits per heavy atom. The summed E-state index contributed by atoms with van der Waals surface area (Å²) < 4.78 is 9.73. The van der Waals surface area contributed by atoms with Crippen molar-refractivity contribution >= 4 is 40.3 Å². The minimum Gasteiger partial charge on any atom is -0.469 e. The predicted molar refractivity (Wildman–Crippen MR) is 103 cm³/mol. The third-order valence-corrected chi connectivity index (χ3v) is 5.55. The number of benzene rings is 1. The highest BCUT2D eigenvalue weighted by atomic mass is 32.1. The molecule has 0 bridgehead atoms. The molecule has 27 heavy (non-hydrogen) atoms. The first-order valence-electron chi connectivity index (χ1n) is 8.41. The molecule has 1 aliphatic rings. The van der Waals surface area contributed by atoms with Crippen LogP contribution in [0.4, 0.5) is 5.00 Å². The highest BCUT2D eigenvalue weighted by Crippen LogP contribution is 2.45. The van der Waals surface area contributed by atoms with Gasteiger partial charge in [-0.2, -0.15) is 0 Å². The first kappa shape index (κ1) is 18.8. The summed E-state index contributed by atoms with van der Waals surface area (Å²) in [4.78, 5) is 37.6. The van der Waals surface area contributed by atoms with Gasteiger partial charge in [-0.3, -0.25) is 9.59 Å².